The molecule has 0 bridgehead atoms. The summed E-state index contributed by atoms with van der Waals surface area (Å²) in [5.41, 5.74) is 3.81. The van der Waals surface area contributed by atoms with Gasteiger partial charge in [0.2, 0.25) is 0 Å². The molecular weight excluding hydrogens is 228 g/mol. The molecule has 0 saturated carbocycles. The SMILES string of the molecule is COc1ccc(-c2nc(C)c(CO)n2C)cc1C. The number of benzene rings is 1. The van der Waals surface area contributed by atoms with Crippen LogP contribution in [-0.4, -0.2) is 21.8 Å². The Morgan fingerprint density at radius 2 is 2.06 bits per heavy atom. The number of hydrogen-bond donors (Lipinski definition) is 1. The van der Waals surface area contributed by atoms with Crippen LogP contribution >= 0.6 is 0 Å². The molecule has 1 aromatic carbocycles. The maximum atomic E-state index is 9.32. The van der Waals surface area contributed by atoms with Crippen LogP contribution < -0.4 is 4.74 Å². The zero-order valence-corrected chi connectivity index (χ0v) is 11.2. The summed E-state index contributed by atoms with van der Waals surface area (Å²) in [5, 5.41) is 9.32. The van der Waals surface area contributed by atoms with E-state index in [-0.39, 0.29) is 6.61 Å². The first-order valence-corrected chi connectivity index (χ1v) is 5.86. The van der Waals surface area contributed by atoms with Crippen molar-refractivity contribution < 1.29 is 9.84 Å². The van der Waals surface area contributed by atoms with Crippen molar-refractivity contribution in [2.45, 2.75) is 20.5 Å². The van der Waals surface area contributed by atoms with Gasteiger partial charge in [-0.1, -0.05) is 0 Å². The molecule has 0 aliphatic heterocycles. The molecule has 96 valence electrons. The second-order valence-corrected chi connectivity index (χ2v) is 4.37. The molecule has 2 rings (SSSR count). The van der Waals surface area contributed by atoms with Crippen LogP contribution in [0.1, 0.15) is 17.0 Å². The number of hydrogen-bond acceptors (Lipinski definition) is 3. The first kappa shape index (κ1) is 12.6. The van der Waals surface area contributed by atoms with Crippen molar-refractivity contribution in [3.8, 4) is 17.1 Å². The molecule has 0 amide bonds. The zero-order valence-electron chi connectivity index (χ0n) is 11.2. The number of imidazole rings is 1. The van der Waals surface area contributed by atoms with Gasteiger partial charge < -0.3 is 14.4 Å². The van der Waals surface area contributed by atoms with Gasteiger partial charge in [0.05, 0.1) is 25.1 Å². The number of aliphatic hydroxyl groups excluding tert-OH is 1. The number of aryl methyl sites for hydroxylation is 2. The summed E-state index contributed by atoms with van der Waals surface area (Å²) in [7, 11) is 3.58. The first-order valence-electron chi connectivity index (χ1n) is 5.86. The Balaban J connectivity index is 2.52. The molecule has 0 unspecified atom stereocenters. The van der Waals surface area contributed by atoms with Crippen LogP contribution in [0.25, 0.3) is 11.4 Å². The van der Waals surface area contributed by atoms with E-state index in [1.807, 2.05) is 43.7 Å². The van der Waals surface area contributed by atoms with E-state index in [1.54, 1.807) is 7.11 Å². The van der Waals surface area contributed by atoms with Gasteiger partial charge >= 0.3 is 0 Å². The molecule has 0 radical (unpaired) electrons. The third-order valence-electron chi connectivity index (χ3n) is 3.22. The van der Waals surface area contributed by atoms with Gasteiger partial charge in [0, 0.05) is 12.6 Å². The Kier molecular flexibility index (Phi) is 3.39. The second-order valence-electron chi connectivity index (χ2n) is 4.37. The number of aromatic nitrogens is 2. The molecule has 0 aliphatic rings. The summed E-state index contributed by atoms with van der Waals surface area (Å²) in [5.74, 6) is 1.73. The Bertz CT molecular complexity index is 573. The van der Waals surface area contributed by atoms with Gasteiger partial charge in [-0.25, -0.2) is 4.98 Å². The number of methoxy groups -OCH3 is 1. The lowest BCUT2D eigenvalue weighted by atomic mass is 10.1. The molecule has 18 heavy (non-hydrogen) atoms. The number of rotatable bonds is 3. The van der Waals surface area contributed by atoms with Crippen LogP contribution in [0.15, 0.2) is 18.2 Å². The highest BCUT2D eigenvalue weighted by atomic mass is 16.5. The molecule has 0 aliphatic carbocycles. The summed E-state index contributed by atoms with van der Waals surface area (Å²) in [6.07, 6.45) is 0. The monoisotopic (exact) mass is 246 g/mol. The van der Waals surface area contributed by atoms with E-state index in [4.69, 9.17) is 4.74 Å². The van der Waals surface area contributed by atoms with Crippen molar-refractivity contribution in [2.24, 2.45) is 7.05 Å². The van der Waals surface area contributed by atoms with Crippen LogP contribution in [0.2, 0.25) is 0 Å². The van der Waals surface area contributed by atoms with E-state index in [0.717, 1.165) is 34.1 Å². The largest absolute Gasteiger partial charge is 0.496 e. The molecule has 2 aromatic rings. The average molecular weight is 246 g/mol. The summed E-state index contributed by atoms with van der Waals surface area (Å²) in [6.45, 7) is 3.92. The summed E-state index contributed by atoms with van der Waals surface area (Å²) >= 11 is 0. The van der Waals surface area contributed by atoms with Crippen molar-refractivity contribution in [3.63, 3.8) is 0 Å². The van der Waals surface area contributed by atoms with E-state index < -0.39 is 0 Å². The fourth-order valence-corrected chi connectivity index (χ4v) is 2.17. The van der Waals surface area contributed by atoms with Crippen LogP contribution in [0.4, 0.5) is 0 Å². The first-order chi connectivity index (χ1) is 8.58. The summed E-state index contributed by atoms with van der Waals surface area (Å²) < 4.78 is 7.18. The zero-order chi connectivity index (χ0) is 13.3. The second kappa shape index (κ2) is 4.82. The smallest absolute Gasteiger partial charge is 0.140 e. The lowest BCUT2D eigenvalue weighted by molar-refractivity contribution is 0.272. The fourth-order valence-electron chi connectivity index (χ4n) is 2.17. The number of nitrogens with zero attached hydrogens (tertiary/aromatic N) is 2. The third-order valence-corrected chi connectivity index (χ3v) is 3.22. The average Bonchev–Trinajstić information content (AvgIpc) is 2.64. The lowest BCUT2D eigenvalue weighted by Gasteiger charge is -2.08. The van der Waals surface area contributed by atoms with Crippen molar-refractivity contribution in [2.75, 3.05) is 7.11 Å². The van der Waals surface area contributed by atoms with E-state index in [2.05, 4.69) is 4.98 Å². The quantitative estimate of drug-likeness (QED) is 0.903. The highest BCUT2D eigenvalue weighted by Gasteiger charge is 2.13. The van der Waals surface area contributed by atoms with Gasteiger partial charge in [0.1, 0.15) is 11.6 Å². The molecule has 0 fully saturated rings. The maximum absolute atomic E-state index is 9.32. The van der Waals surface area contributed by atoms with Gasteiger partial charge in [0.25, 0.3) is 0 Å². The lowest BCUT2D eigenvalue weighted by Crippen LogP contribution is -1.99. The molecule has 0 spiro atoms. The molecule has 0 saturated heterocycles. The molecule has 4 heteroatoms. The van der Waals surface area contributed by atoms with Crippen molar-refractivity contribution in [1.82, 2.24) is 9.55 Å². The predicted octanol–water partition coefficient (Wildman–Crippen LogP) is 2.20. The molecule has 0 atom stereocenters. The highest BCUT2D eigenvalue weighted by Crippen LogP contribution is 2.26. The molecular formula is C14H18N2O2. The minimum atomic E-state index is 0.00443. The van der Waals surface area contributed by atoms with Crippen LogP contribution in [-0.2, 0) is 13.7 Å². The van der Waals surface area contributed by atoms with Gasteiger partial charge in [-0.15, -0.1) is 0 Å². The number of ether oxygens (including phenoxy) is 1. The molecule has 1 aromatic heterocycles. The van der Waals surface area contributed by atoms with E-state index in [9.17, 15) is 5.11 Å². The fraction of sp³-hybridized carbons (Fsp3) is 0.357. The Morgan fingerprint density at radius 3 is 2.56 bits per heavy atom. The molecule has 1 N–H and O–H groups in total. The van der Waals surface area contributed by atoms with E-state index >= 15 is 0 Å². The van der Waals surface area contributed by atoms with Crippen molar-refractivity contribution in [3.05, 3.63) is 35.2 Å². The Labute approximate surface area is 107 Å². The van der Waals surface area contributed by atoms with Gasteiger partial charge in [0.15, 0.2) is 0 Å². The summed E-state index contributed by atoms with van der Waals surface area (Å²) in [4.78, 5) is 4.51. The molecule has 1 heterocycles. The van der Waals surface area contributed by atoms with Crippen LogP contribution in [0.3, 0.4) is 0 Å². The Morgan fingerprint density at radius 1 is 1.33 bits per heavy atom. The van der Waals surface area contributed by atoms with Crippen molar-refractivity contribution >= 4 is 0 Å². The highest BCUT2D eigenvalue weighted by molar-refractivity contribution is 5.60. The minimum Gasteiger partial charge on any atom is -0.496 e. The van der Waals surface area contributed by atoms with Gasteiger partial charge in [-0.05, 0) is 37.6 Å². The van der Waals surface area contributed by atoms with E-state index in [1.165, 1.54) is 0 Å². The number of aliphatic hydroxyl groups is 1. The van der Waals surface area contributed by atoms with Gasteiger partial charge in [-0.3, -0.25) is 0 Å². The van der Waals surface area contributed by atoms with Crippen LogP contribution in [0.5, 0.6) is 5.75 Å². The molecule has 4 nitrogen and oxygen atoms in total. The van der Waals surface area contributed by atoms with Crippen LogP contribution in [0, 0.1) is 13.8 Å². The van der Waals surface area contributed by atoms with E-state index in [0.29, 0.717) is 0 Å². The predicted molar refractivity (Wildman–Crippen MR) is 70.6 cm³/mol. The Hall–Kier alpha value is -1.81. The maximum Gasteiger partial charge on any atom is 0.140 e. The minimum absolute atomic E-state index is 0.00443. The normalized spacial score (nSPS) is 10.7. The standard InChI is InChI=1S/C14H18N2O2/c1-9-7-11(5-6-13(9)18-4)14-15-10(2)12(8-17)16(14)3/h5-7,17H,8H2,1-4H3. The summed E-state index contributed by atoms with van der Waals surface area (Å²) in [6, 6.07) is 5.96. The van der Waals surface area contributed by atoms with Crippen molar-refractivity contribution in [1.29, 1.82) is 0 Å². The topological polar surface area (TPSA) is 47.3 Å². The van der Waals surface area contributed by atoms with Gasteiger partial charge in [-0.2, -0.15) is 0 Å². The third kappa shape index (κ3) is 1.99.